The van der Waals surface area contributed by atoms with Crippen LogP contribution in [0.4, 0.5) is 5.69 Å². The van der Waals surface area contributed by atoms with Crippen molar-refractivity contribution in [2.75, 3.05) is 45.6 Å². The number of anilines is 1. The number of morpholine rings is 1. The molecule has 1 aliphatic rings. The molecule has 2 N–H and O–H groups in total. The average Bonchev–Trinajstić information content (AvgIpc) is 3.14. The summed E-state index contributed by atoms with van der Waals surface area (Å²) in [5.41, 5.74) is 7.04. The van der Waals surface area contributed by atoms with E-state index in [1.54, 1.807) is 28.4 Å². The molecule has 5 nitrogen and oxygen atoms in total. The number of carbonyl (C=O) groups excluding carboxylic acids is 1. The predicted octanol–water partition coefficient (Wildman–Crippen LogP) is 2.48. The van der Waals surface area contributed by atoms with Gasteiger partial charge in [0, 0.05) is 42.8 Å². The maximum absolute atomic E-state index is 12.7. The Morgan fingerprint density at radius 3 is 2.79 bits per heavy atom. The summed E-state index contributed by atoms with van der Waals surface area (Å²) in [5.74, 6) is -0.00267. The maximum Gasteiger partial charge on any atom is 0.253 e. The molecular weight excluding hydrogens is 322 g/mol. The predicted molar refractivity (Wildman–Crippen MR) is 97.3 cm³/mol. The first-order chi connectivity index (χ1) is 11.6. The van der Waals surface area contributed by atoms with E-state index >= 15 is 0 Å². The second kappa shape index (κ2) is 7.79. The van der Waals surface area contributed by atoms with Crippen molar-refractivity contribution < 1.29 is 9.53 Å². The first-order valence-corrected chi connectivity index (χ1v) is 8.99. The highest BCUT2D eigenvalue weighted by atomic mass is 32.1. The van der Waals surface area contributed by atoms with Crippen molar-refractivity contribution in [3.8, 4) is 0 Å². The van der Waals surface area contributed by atoms with E-state index in [2.05, 4.69) is 22.4 Å². The third kappa shape index (κ3) is 3.95. The zero-order valence-corrected chi connectivity index (χ0v) is 14.7. The Labute approximate surface area is 146 Å². The lowest BCUT2D eigenvalue weighted by molar-refractivity contribution is 0.0104. The molecule has 1 unspecified atom stereocenters. The van der Waals surface area contributed by atoms with Crippen LogP contribution < -0.4 is 5.73 Å². The summed E-state index contributed by atoms with van der Waals surface area (Å²) >= 11 is 1.74. The summed E-state index contributed by atoms with van der Waals surface area (Å²) in [5, 5.41) is 2.09. The fourth-order valence-electron chi connectivity index (χ4n) is 2.99. The smallest absolute Gasteiger partial charge is 0.253 e. The zero-order chi connectivity index (χ0) is 16.9. The van der Waals surface area contributed by atoms with Crippen molar-refractivity contribution in [2.24, 2.45) is 0 Å². The summed E-state index contributed by atoms with van der Waals surface area (Å²) in [6.45, 7) is 3.92. The lowest BCUT2D eigenvalue weighted by atomic mass is 10.1. The fourth-order valence-corrected chi connectivity index (χ4v) is 3.84. The average molecular weight is 345 g/mol. The number of ether oxygens (including phenoxy) is 1. The van der Waals surface area contributed by atoms with Gasteiger partial charge in [0.1, 0.15) is 0 Å². The van der Waals surface area contributed by atoms with Crippen LogP contribution >= 0.6 is 11.3 Å². The standard InChI is InChI=1S/C18H23N3O2S/c1-20(18(22)14-4-2-5-15(19)12-14)13-16(17-6-3-11-24-17)21-7-9-23-10-8-21/h2-6,11-12,16H,7-10,13,19H2,1H3. The first kappa shape index (κ1) is 17.0. The molecule has 0 saturated carbocycles. The number of thiophene rings is 1. The number of benzene rings is 1. The number of nitrogens with two attached hydrogens (primary N) is 1. The van der Waals surface area contributed by atoms with Gasteiger partial charge in [-0.3, -0.25) is 9.69 Å². The molecule has 1 aliphatic heterocycles. The van der Waals surface area contributed by atoms with Gasteiger partial charge in [0.2, 0.25) is 0 Å². The Hall–Kier alpha value is -1.89. The molecule has 0 spiro atoms. The Balaban J connectivity index is 1.75. The summed E-state index contributed by atoms with van der Waals surface area (Å²) in [6, 6.07) is 11.5. The van der Waals surface area contributed by atoms with Gasteiger partial charge in [-0.25, -0.2) is 0 Å². The molecule has 24 heavy (non-hydrogen) atoms. The number of amides is 1. The van der Waals surface area contributed by atoms with Crippen LogP contribution in [0.15, 0.2) is 41.8 Å². The number of carbonyl (C=O) groups is 1. The van der Waals surface area contributed by atoms with Gasteiger partial charge in [-0.1, -0.05) is 12.1 Å². The number of nitrogen functional groups attached to an aromatic ring is 1. The van der Waals surface area contributed by atoms with Crippen molar-refractivity contribution in [2.45, 2.75) is 6.04 Å². The minimum absolute atomic E-state index is 0.00267. The van der Waals surface area contributed by atoms with Crippen LogP contribution in [0.3, 0.4) is 0 Å². The van der Waals surface area contributed by atoms with Gasteiger partial charge in [-0.2, -0.15) is 0 Å². The topological polar surface area (TPSA) is 58.8 Å². The fraction of sp³-hybridized carbons (Fsp3) is 0.389. The molecule has 0 aliphatic carbocycles. The highest BCUT2D eigenvalue weighted by molar-refractivity contribution is 7.10. The van der Waals surface area contributed by atoms with Crippen molar-refractivity contribution in [3.63, 3.8) is 0 Å². The molecular formula is C18H23N3O2S. The Morgan fingerprint density at radius 1 is 1.33 bits per heavy atom. The molecule has 1 saturated heterocycles. The van der Waals surface area contributed by atoms with Crippen LogP contribution in [-0.4, -0.2) is 55.6 Å². The maximum atomic E-state index is 12.7. The van der Waals surface area contributed by atoms with E-state index in [9.17, 15) is 4.79 Å². The third-order valence-electron chi connectivity index (χ3n) is 4.29. The molecule has 1 aromatic heterocycles. The summed E-state index contributed by atoms with van der Waals surface area (Å²) in [4.78, 5) is 18.2. The van der Waals surface area contributed by atoms with Crippen molar-refractivity contribution in [1.29, 1.82) is 0 Å². The van der Waals surface area contributed by atoms with Crippen molar-refractivity contribution in [3.05, 3.63) is 52.2 Å². The third-order valence-corrected chi connectivity index (χ3v) is 5.26. The lowest BCUT2D eigenvalue weighted by Crippen LogP contribution is -2.44. The molecule has 1 fully saturated rings. The van der Waals surface area contributed by atoms with Crippen LogP contribution in [-0.2, 0) is 4.74 Å². The van der Waals surface area contributed by atoms with Gasteiger partial charge < -0.3 is 15.4 Å². The lowest BCUT2D eigenvalue weighted by Gasteiger charge is -2.36. The van der Waals surface area contributed by atoms with E-state index in [4.69, 9.17) is 10.5 Å². The normalized spacial score (nSPS) is 16.7. The van der Waals surface area contributed by atoms with E-state index in [-0.39, 0.29) is 11.9 Å². The Kier molecular flexibility index (Phi) is 5.50. The van der Waals surface area contributed by atoms with Crippen molar-refractivity contribution >= 4 is 22.9 Å². The van der Waals surface area contributed by atoms with Gasteiger partial charge in [0.05, 0.1) is 19.3 Å². The summed E-state index contributed by atoms with van der Waals surface area (Å²) < 4.78 is 5.47. The van der Waals surface area contributed by atoms with Gasteiger partial charge >= 0.3 is 0 Å². The molecule has 2 aromatic rings. The first-order valence-electron chi connectivity index (χ1n) is 8.11. The molecule has 6 heteroatoms. The van der Waals surface area contributed by atoms with E-state index in [1.807, 2.05) is 19.2 Å². The molecule has 3 rings (SSSR count). The Morgan fingerprint density at radius 2 is 2.12 bits per heavy atom. The van der Waals surface area contributed by atoms with Crippen LogP contribution in [0.5, 0.6) is 0 Å². The second-order valence-corrected chi connectivity index (χ2v) is 6.97. The highest BCUT2D eigenvalue weighted by Gasteiger charge is 2.26. The highest BCUT2D eigenvalue weighted by Crippen LogP contribution is 2.27. The minimum atomic E-state index is -0.00267. The van der Waals surface area contributed by atoms with Crippen LogP contribution in [0.25, 0.3) is 0 Å². The molecule has 0 bridgehead atoms. The van der Waals surface area contributed by atoms with Crippen molar-refractivity contribution in [1.82, 2.24) is 9.80 Å². The number of hydrogen-bond donors (Lipinski definition) is 1. The molecule has 2 heterocycles. The van der Waals surface area contributed by atoms with Crippen LogP contribution in [0, 0.1) is 0 Å². The molecule has 0 radical (unpaired) electrons. The van der Waals surface area contributed by atoms with Gasteiger partial charge in [-0.05, 0) is 29.6 Å². The quantitative estimate of drug-likeness (QED) is 0.846. The monoisotopic (exact) mass is 345 g/mol. The Bertz CT molecular complexity index is 669. The summed E-state index contributed by atoms with van der Waals surface area (Å²) in [7, 11) is 1.85. The van der Waals surface area contributed by atoms with Gasteiger partial charge in [-0.15, -0.1) is 11.3 Å². The number of likely N-dealkylation sites (N-methyl/N-ethyl adjacent to an activating group) is 1. The number of rotatable bonds is 5. The zero-order valence-electron chi connectivity index (χ0n) is 13.9. The van der Waals surface area contributed by atoms with E-state index in [0.717, 1.165) is 26.3 Å². The van der Waals surface area contributed by atoms with E-state index in [1.165, 1.54) is 4.88 Å². The number of hydrogen-bond acceptors (Lipinski definition) is 5. The van der Waals surface area contributed by atoms with E-state index in [0.29, 0.717) is 17.8 Å². The second-order valence-electron chi connectivity index (χ2n) is 5.99. The van der Waals surface area contributed by atoms with Gasteiger partial charge in [0.15, 0.2) is 0 Å². The van der Waals surface area contributed by atoms with E-state index < -0.39 is 0 Å². The molecule has 128 valence electrons. The van der Waals surface area contributed by atoms with Crippen LogP contribution in [0.2, 0.25) is 0 Å². The summed E-state index contributed by atoms with van der Waals surface area (Å²) in [6.07, 6.45) is 0. The van der Waals surface area contributed by atoms with Gasteiger partial charge in [0.25, 0.3) is 5.91 Å². The minimum Gasteiger partial charge on any atom is -0.399 e. The molecule has 1 amide bonds. The SMILES string of the molecule is CN(CC(c1cccs1)N1CCOCC1)C(=O)c1cccc(N)c1. The largest absolute Gasteiger partial charge is 0.399 e. The van der Waals surface area contributed by atoms with Crippen LogP contribution in [0.1, 0.15) is 21.3 Å². The molecule has 1 aromatic carbocycles. The number of nitrogens with zero attached hydrogens (tertiary/aromatic N) is 2. The molecule has 1 atom stereocenters.